The number of urea groups is 1. The summed E-state index contributed by atoms with van der Waals surface area (Å²) >= 11 is 1.70. The summed E-state index contributed by atoms with van der Waals surface area (Å²) in [6, 6.07) is 4.26. The molecule has 7 nitrogen and oxygen atoms in total. The number of methoxy groups -OCH3 is 2. The van der Waals surface area contributed by atoms with Gasteiger partial charge in [-0.3, -0.25) is 0 Å². The Hall–Kier alpha value is -2.35. The Morgan fingerprint density at radius 2 is 2.04 bits per heavy atom. The van der Waals surface area contributed by atoms with Crippen LogP contribution >= 0.6 is 11.8 Å². The molecule has 1 N–H and O–H groups in total. The highest BCUT2D eigenvalue weighted by atomic mass is 32.2. The third-order valence-electron chi connectivity index (χ3n) is 4.39. The van der Waals surface area contributed by atoms with Gasteiger partial charge in [-0.15, -0.1) is 0 Å². The van der Waals surface area contributed by atoms with Crippen LogP contribution in [0.15, 0.2) is 29.5 Å². The molecule has 1 aromatic carbocycles. The minimum atomic E-state index is -0.690. The van der Waals surface area contributed by atoms with E-state index in [0.29, 0.717) is 34.9 Å². The Balaban J connectivity index is 2.43. The first-order chi connectivity index (χ1) is 12.9. The Bertz CT molecular complexity index is 735. The zero-order valence-corrected chi connectivity index (χ0v) is 17.1. The molecule has 0 saturated carbocycles. The summed E-state index contributed by atoms with van der Waals surface area (Å²) in [5, 5.41) is 2.86. The van der Waals surface area contributed by atoms with Crippen LogP contribution in [-0.2, 0) is 9.53 Å². The molecule has 1 aliphatic rings. The molecule has 8 heteroatoms. The molecule has 0 spiro atoms. The van der Waals surface area contributed by atoms with Crippen molar-refractivity contribution in [3.63, 3.8) is 0 Å². The maximum atomic E-state index is 12.8. The summed E-state index contributed by atoms with van der Waals surface area (Å²) in [6.45, 7) is 4.10. The van der Waals surface area contributed by atoms with Gasteiger partial charge < -0.3 is 24.4 Å². The minimum Gasteiger partial charge on any atom is -0.497 e. The van der Waals surface area contributed by atoms with Gasteiger partial charge >= 0.3 is 12.0 Å². The average Bonchev–Trinajstić information content (AvgIpc) is 2.68. The van der Waals surface area contributed by atoms with E-state index in [9.17, 15) is 9.59 Å². The number of hydrogen-bond acceptors (Lipinski definition) is 6. The van der Waals surface area contributed by atoms with Crippen molar-refractivity contribution in [1.29, 1.82) is 0 Å². The Morgan fingerprint density at radius 3 is 2.67 bits per heavy atom. The number of nitrogens with zero attached hydrogens (tertiary/aromatic N) is 1. The standard InChI is InChI=1S/C19H26N2O5S/c1-6-27-10-9-26-18(22)16-12(2)21(3)19(23)20-17(16)14-11-13(24-4)7-8-15(14)25-5/h7-8,11,17H,6,9-10H2,1-5H3,(H,20,23). The Labute approximate surface area is 164 Å². The van der Waals surface area contributed by atoms with Crippen molar-refractivity contribution >= 4 is 23.8 Å². The normalized spacial score (nSPS) is 16.9. The lowest BCUT2D eigenvalue weighted by atomic mass is 9.94. The van der Waals surface area contributed by atoms with Crippen molar-refractivity contribution < 1.29 is 23.8 Å². The van der Waals surface area contributed by atoms with Crippen LogP contribution < -0.4 is 14.8 Å². The first-order valence-corrected chi connectivity index (χ1v) is 9.81. The van der Waals surface area contributed by atoms with E-state index in [1.807, 2.05) is 0 Å². The average molecular weight is 394 g/mol. The van der Waals surface area contributed by atoms with Crippen LogP contribution in [0.25, 0.3) is 0 Å². The summed E-state index contributed by atoms with van der Waals surface area (Å²) in [4.78, 5) is 26.6. The lowest BCUT2D eigenvalue weighted by Gasteiger charge is -2.33. The zero-order valence-electron chi connectivity index (χ0n) is 16.3. The predicted molar refractivity (Wildman–Crippen MR) is 105 cm³/mol. The smallest absolute Gasteiger partial charge is 0.338 e. The SMILES string of the molecule is CCSCCOC(=O)C1=C(C)N(C)C(=O)NC1c1cc(OC)ccc1OC. The Kier molecular flexibility index (Phi) is 7.41. The summed E-state index contributed by atoms with van der Waals surface area (Å²) < 4.78 is 16.2. The van der Waals surface area contributed by atoms with Crippen LogP contribution in [0.2, 0.25) is 0 Å². The maximum Gasteiger partial charge on any atom is 0.338 e. The Morgan fingerprint density at radius 1 is 1.30 bits per heavy atom. The van der Waals surface area contributed by atoms with E-state index in [1.165, 1.54) is 4.90 Å². The van der Waals surface area contributed by atoms with Crippen molar-refractivity contribution in [1.82, 2.24) is 10.2 Å². The lowest BCUT2D eigenvalue weighted by Crippen LogP contribution is -2.46. The van der Waals surface area contributed by atoms with Crippen LogP contribution in [0.5, 0.6) is 11.5 Å². The number of benzene rings is 1. The number of amides is 2. The van der Waals surface area contributed by atoms with Crippen LogP contribution in [0.3, 0.4) is 0 Å². The third-order valence-corrected chi connectivity index (χ3v) is 5.25. The number of hydrogen-bond donors (Lipinski definition) is 1. The number of rotatable bonds is 8. The molecule has 0 bridgehead atoms. The number of ether oxygens (including phenoxy) is 3. The van der Waals surface area contributed by atoms with E-state index in [1.54, 1.807) is 58.2 Å². The van der Waals surface area contributed by atoms with Gasteiger partial charge in [0.2, 0.25) is 0 Å². The summed E-state index contributed by atoms with van der Waals surface area (Å²) in [6.07, 6.45) is 0. The van der Waals surface area contributed by atoms with Gasteiger partial charge in [-0.1, -0.05) is 6.92 Å². The molecule has 0 saturated heterocycles. The van der Waals surface area contributed by atoms with Crippen LogP contribution in [-0.4, -0.2) is 56.3 Å². The van der Waals surface area contributed by atoms with E-state index in [-0.39, 0.29) is 6.03 Å². The largest absolute Gasteiger partial charge is 0.497 e. The quantitative estimate of drug-likeness (QED) is 0.540. The molecule has 1 heterocycles. The minimum absolute atomic E-state index is 0.305. The number of allylic oxidation sites excluding steroid dienone is 1. The van der Waals surface area contributed by atoms with Crippen molar-refractivity contribution in [2.45, 2.75) is 19.9 Å². The predicted octanol–water partition coefficient (Wildman–Crippen LogP) is 2.97. The number of esters is 1. The molecule has 1 aliphatic heterocycles. The molecule has 1 aromatic rings. The third kappa shape index (κ3) is 4.68. The number of thioether (sulfide) groups is 1. The summed E-state index contributed by atoms with van der Waals surface area (Å²) in [5.74, 6) is 2.38. The van der Waals surface area contributed by atoms with Crippen molar-refractivity contribution in [2.75, 3.05) is 39.4 Å². The van der Waals surface area contributed by atoms with Crippen molar-refractivity contribution in [2.24, 2.45) is 0 Å². The van der Waals surface area contributed by atoms with Crippen LogP contribution in [0, 0.1) is 0 Å². The van der Waals surface area contributed by atoms with Gasteiger partial charge in [0.15, 0.2) is 0 Å². The van der Waals surface area contributed by atoms with Gasteiger partial charge in [-0.2, -0.15) is 11.8 Å². The molecule has 27 heavy (non-hydrogen) atoms. The highest BCUT2D eigenvalue weighted by molar-refractivity contribution is 7.99. The van der Waals surface area contributed by atoms with Crippen molar-refractivity contribution in [3.05, 3.63) is 35.0 Å². The molecular formula is C19H26N2O5S. The molecule has 0 fully saturated rings. The van der Waals surface area contributed by atoms with E-state index >= 15 is 0 Å². The van der Waals surface area contributed by atoms with Crippen LogP contribution in [0.4, 0.5) is 4.79 Å². The molecule has 0 aliphatic carbocycles. The van der Waals surface area contributed by atoms with Crippen LogP contribution in [0.1, 0.15) is 25.5 Å². The van der Waals surface area contributed by atoms with E-state index in [0.717, 1.165) is 11.5 Å². The molecule has 1 atom stereocenters. The topological polar surface area (TPSA) is 77.1 Å². The molecule has 0 radical (unpaired) electrons. The molecule has 148 valence electrons. The van der Waals surface area contributed by atoms with Gasteiger partial charge in [0.25, 0.3) is 0 Å². The summed E-state index contributed by atoms with van der Waals surface area (Å²) in [5.41, 5.74) is 1.56. The molecule has 0 aromatic heterocycles. The van der Waals surface area contributed by atoms with E-state index in [4.69, 9.17) is 14.2 Å². The maximum absolute atomic E-state index is 12.8. The fraction of sp³-hybridized carbons (Fsp3) is 0.474. The zero-order chi connectivity index (χ0) is 20.0. The lowest BCUT2D eigenvalue weighted by molar-refractivity contribution is -0.139. The number of nitrogens with one attached hydrogen (secondary N) is 1. The highest BCUT2D eigenvalue weighted by Gasteiger charge is 2.36. The molecule has 1 unspecified atom stereocenters. The van der Waals surface area contributed by atoms with Gasteiger partial charge in [-0.25, -0.2) is 9.59 Å². The number of carbonyl (C=O) groups excluding carboxylic acids is 2. The van der Waals surface area contributed by atoms with Gasteiger partial charge in [-0.05, 0) is 30.9 Å². The fourth-order valence-electron chi connectivity index (χ4n) is 2.81. The van der Waals surface area contributed by atoms with E-state index in [2.05, 4.69) is 12.2 Å². The fourth-order valence-corrected chi connectivity index (χ4v) is 3.30. The molecular weight excluding hydrogens is 368 g/mol. The molecule has 2 rings (SSSR count). The second-order valence-corrected chi connectivity index (χ2v) is 7.28. The first kappa shape index (κ1) is 21.0. The second-order valence-electron chi connectivity index (χ2n) is 5.88. The van der Waals surface area contributed by atoms with E-state index < -0.39 is 12.0 Å². The van der Waals surface area contributed by atoms with Crippen molar-refractivity contribution in [3.8, 4) is 11.5 Å². The highest BCUT2D eigenvalue weighted by Crippen LogP contribution is 2.37. The molecule has 2 amide bonds. The van der Waals surface area contributed by atoms with Gasteiger partial charge in [0.1, 0.15) is 18.1 Å². The van der Waals surface area contributed by atoms with Gasteiger partial charge in [0, 0.05) is 24.1 Å². The second kappa shape index (κ2) is 9.55. The monoisotopic (exact) mass is 394 g/mol. The summed E-state index contributed by atoms with van der Waals surface area (Å²) in [7, 11) is 4.71. The first-order valence-electron chi connectivity index (χ1n) is 8.66. The van der Waals surface area contributed by atoms with Gasteiger partial charge in [0.05, 0.1) is 25.8 Å². The number of carbonyl (C=O) groups is 2.